The maximum atomic E-state index is 12.8. The molecule has 0 rings (SSSR count). The summed E-state index contributed by atoms with van der Waals surface area (Å²) in [5, 5.41) is 0. The molecule has 0 radical (unpaired) electrons. The van der Waals surface area contributed by atoms with Gasteiger partial charge >= 0.3 is 17.9 Å². The minimum absolute atomic E-state index is 0.151. The fourth-order valence-electron chi connectivity index (χ4n) is 6.27. The van der Waals surface area contributed by atoms with Gasteiger partial charge in [0.25, 0.3) is 0 Å². The van der Waals surface area contributed by atoms with Crippen molar-refractivity contribution in [1.82, 2.24) is 0 Å². The number of carbonyl (C=O) groups is 3. The Morgan fingerprint density at radius 1 is 0.318 bits per heavy atom. The highest BCUT2D eigenvalue weighted by atomic mass is 16.6. The quantitative estimate of drug-likeness (QED) is 0.0262. The molecule has 1 atom stereocenters. The first-order valence-electron chi connectivity index (χ1n) is 25.8. The van der Waals surface area contributed by atoms with Crippen LogP contribution in [-0.2, 0) is 28.6 Å². The highest BCUT2D eigenvalue weighted by molar-refractivity contribution is 5.71. The van der Waals surface area contributed by atoms with Crippen molar-refractivity contribution >= 4 is 17.9 Å². The Bertz CT molecular complexity index is 1510. The van der Waals surface area contributed by atoms with Crippen molar-refractivity contribution < 1.29 is 28.6 Å². The molecule has 0 heterocycles. The first-order chi connectivity index (χ1) is 32.5. The summed E-state index contributed by atoms with van der Waals surface area (Å²) in [6, 6.07) is 0. The Morgan fingerprint density at radius 2 is 0.621 bits per heavy atom. The van der Waals surface area contributed by atoms with Gasteiger partial charge in [-0.1, -0.05) is 205 Å². The van der Waals surface area contributed by atoms with E-state index in [1.54, 1.807) is 0 Å². The smallest absolute Gasteiger partial charge is 0.306 e. The van der Waals surface area contributed by atoms with E-state index in [0.717, 1.165) is 96.3 Å². The van der Waals surface area contributed by atoms with Crippen molar-refractivity contribution in [1.29, 1.82) is 0 Å². The van der Waals surface area contributed by atoms with Crippen LogP contribution in [0.2, 0.25) is 0 Å². The second kappa shape index (κ2) is 52.9. The van der Waals surface area contributed by atoms with Crippen LogP contribution in [0.3, 0.4) is 0 Å². The third-order valence-corrected chi connectivity index (χ3v) is 10.1. The Kier molecular flexibility index (Phi) is 49.1. The SMILES string of the molecule is CC/C=C/C/C=C/C/C=C/C/C=C/C/C=C/C/C=C/CCC(=O)OCC(COC(=O)CC/C=C/C/C=C/CCCCCCCC)OC(=O)CCCCC/C=C/C/C=C/C/C=C/C/C=C/CC. The zero-order valence-electron chi connectivity index (χ0n) is 41.9. The molecule has 0 aliphatic carbocycles. The number of rotatable bonds is 44. The first kappa shape index (κ1) is 61.3. The molecule has 66 heavy (non-hydrogen) atoms. The summed E-state index contributed by atoms with van der Waals surface area (Å²) < 4.78 is 16.6. The van der Waals surface area contributed by atoms with Crippen LogP contribution in [-0.4, -0.2) is 37.2 Å². The largest absolute Gasteiger partial charge is 0.462 e. The minimum Gasteiger partial charge on any atom is -0.462 e. The van der Waals surface area contributed by atoms with Crippen molar-refractivity contribution in [2.75, 3.05) is 13.2 Å². The summed E-state index contributed by atoms with van der Waals surface area (Å²) in [5.74, 6) is -1.14. The van der Waals surface area contributed by atoms with Crippen LogP contribution in [0, 0.1) is 0 Å². The van der Waals surface area contributed by atoms with Gasteiger partial charge in [-0.05, 0) is 116 Å². The van der Waals surface area contributed by atoms with Gasteiger partial charge in [0, 0.05) is 19.3 Å². The molecule has 0 bridgehead atoms. The average molecular weight is 909 g/mol. The summed E-state index contributed by atoms with van der Waals surface area (Å²) in [5.41, 5.74) is 0. The van der Waals surface area contributed by atoms with Gasteiger partial charge in [-0.2, -0.15) is 0 Å². The standard InChI is InChI=1S/C60H92O6/c1-4-7-10-13-16-19-22-25-27-29-30-31-33-35-38-41-44-47-50-53-59(62)65-56-57(55-64-58(61)52-49-46-43-40-37-34-24-21-18-15-12-9-6-3)66-60(63)54-51-48-45-42-39-36-32-28-26-23-20-17-14-11-8-5-2/h7-8,10-11,16-17,19-20,25-28,30-31,34-39,43-44,46-47,57H,4-6,9,12-15,18,21-24,29,32-33,40-42,45,48-56H2,1-3H3/b10-7+,11-8+,19-16+,20-17+,27-25+,28-26+,31-30+,37-34+,38-35+,39-36+,46-43+,47-44+. The summed E-state index contributed by atoms with van der Waals surface area (Å²) >= 11 is 0. The maximum Gasteiger partial charge on any atom is 0.306 e. The molecule has 0 aromatic heterocycles. The van der Waals surface area contributed by atoms with Crippen LogP contribution >= 0.6 is 0 Å². The first-order valence-corrected chi connectivity index (χ1v) is 25.8. The third kappa shape index (κ3) is 50.3. The van der Waals surface area contributed by atoms with E-state index in [-0.39, 0.29) is 50.4 Å². The molecule has 0 fully saturated rings. The van der Waals surface area contributed by atoms with E-state index in [1.807, 2.05) is 18.2 Å². The lowest BCUT2D eigenvalue weighted by Crippen LogP contribution is -2.30. The van der Waals surface area contributed by atoms with Gasteiger partial charge in [0.05, 0.1) is 0 Å². The predicted octanol–water partition coefficient (Wildman–Crippen LogP) is 17.3. The van der Waals surface area contributed by atoms with Crippen molar-refractivity contribution in [3.63, 3.8) is 0 Å². The van der Waals surface area contributed by atoms with Crippen LogP contribution in [0.1, 0.15) is 194 Å². The highest BCUT2D eigenvalue weighted by Gasteiger charge is 2.19. The molecule has 0 aliphatic heterocycles. The lowest BCUT2D eigenvalue weighted by molar-refractivity contribution is -0.166. The predicted molar refractivity (Wildman–Crippen MR) is 283 cm³/mol. The molecule has 368 valence electrons. The van der Waals surface area contributed by atoms with Crippen molar-refractivity contribution in [2.45, 2.75) is 200 Å². The minimum atomic E-state index is -0.854. The normalized spacial score (nSPS) is 13.3. The number of unbranched alkanes of at least 4 members (excludes halogenated alkanes) is 9. The lowest BCUT2D eigenvalue weighted by Gasteiger charge is -2.18. The molecule has 6 heteroatoms. The van der Waals surface area contributed by atoms with E-state index in [1.165, 1.54) is 38.5 Å². The number of ether oxygens (including phenoxy) is 3. The number of esters is 3. The number of carbonyl (C=O) groups excluding carboxylic acids is 3. The molecule has 0 aromatic carbocycles. The fraction of sp³-hybridized carbons (Fsp3) is 0.550. The zero-order valence-corrected chi connectivity index (χ0v) is 41.9. The Balaban J connectivity index is 4.65. The lowest BCUT2D eigenvalue weighted by atomic mass is 10.1. The molecule has 6 nitrogen and oxygen atoms in total. The number of hydrogen-bond acceptors (Lipinski definition) is 6. The second-order valence-electron chi connectivity index (χ2n) is 16.3. The molecule has 0 saturated heterocycles. The molecule has 0 aromatic rings. The third-order valence-electron chi connectivity index (χ3n) is 10.1. The molecule has 0 saturated carbocycles. The van der Waals surface area contributed by atoms with E-state index < -0.39 is 6.10 Å². The second-order valence-corrected chi connectivity index (χ2v) is 16.3. The highest BCUT2D eigenvalue weighted by Crippen LogP contribution is 2.10. The Morgan fingerprint density at radius 3 is 0.985 bits per heavy atom. The Hall–Kier alpha value is -4.71. The molecular weight excluding hydrogens is 817 g/mol. The van der Waals surface area contributed by atoms with Crippen LogP contribution in [0.4, 0.5) is 0 Å². The zero-order chi connectivity index (χ0) is 47.9. The van der Waals surface area contributed by atoms with Gasteiger partial charge in [-0.15, -0.1) is 0 Å². The van der Waals surface area contributed by atoms with Gasteiger partial charge in [0.15, 0.2) is 6.10 Å². The van der Waals surface area contributed by atoms with Crippen LogP contribution in [0.5, 0.6) is 0 Å². The monoisotopic (exact) mass is 909 g/mol. The van der Waals surface area contributed by atoms with Crippen LogP contribution < -0.4 is 0 Å². The van der Waals surface area contributed by atoms with E-state index in [0.29, 0.717) is 19.3 Å². The number of allylic oxidation sites excluding steroid dienone is 24. The van der Waals surface area contributed by atoms with Gasteiger partial charge in [0.2, 0.25) is 0 Å². The number of hydrogen-bond donors (Lipinski definition) is 0. The van der Waals surface area contributed by atoms with Crippen molar-refractivity contribution in [3.8, 4) is 0 Å². The molecule has 0 amide bonds. The van der Waals surface area contributed by atoms with E-state index in [4.69, 9.17) is 14.2 Å². The fourth-order valence-corrected chi connectivity index (χ4v) is 6.27. The molecular formula is C60H92O6. The molecule has 1 unspecified atom stereocenters. The Labute approximate surface area is 404 Å². The van der Waals surface area contributed by atoms with Crippen molar-refractivity contribution in [2.24, 2.45) is 0 Å². The molecule has 0 aliphatic rings. The van der Waals surface area contributed by atoms with E-state index in [9.17, 15) is 14.4 Å². The molecule has 0 spiro atoms. The van der Waals surface area contributed by atoms with Crippen LogP contribution in [0.25, 0.3) is 0 Å². The van der Waals surface area contributed by atoms with Gasteiger partial charge < -0.3 is 14.2 Å². The van der Waals surface area contributed by atoms with E-state index in [2.05, 4.69) is 148 Å². The van der Waals surface area contributed by atoms with Gasteiger partial charge in [-0.25, -0.2) is 0 Å². The summed E-state index contributed by atoms with van der Waals surface area (Å²) in [7, 11) is 0. The average Bonchev–Trinajstić information content (AvgIpc) is 3.31. The molecule has 0 N–H and O–H groups in total. The van der Waals surface area contributed by atoms with Gasteiger partial charge in [0.1, 0.15) is 13.2 Å². The topological polar surface area (TPSA) is 78.9 Å². The maximum absolute atomic E-state index is 12.8. The summed E-state index contributed by atoms with van der Waals surface area (Å²) in [6.45, 7) is 6.23. The van der Waals surface area contributed by atoms with Crippen molar-refractivity contribution in [3.05, 3.63) is 146 Å². The summed E-state index contributed by atoms with van der Waals surface area (Å²) in [4.78, 5) is 37.9. The summed E-state index contributed by atoms with van der Waals surface area (Å²) in [6.07, 6.45) is 75.7. The van der Waals surface area contributed by atoms with Gasteiger partial charge in [-0.3, -0.25) is 14.4 Å². The van der Waals surface area contributed by atoms with E-state index >= 15 is 0 Å². The van der Waals surface area contributed by atoms with Crippen LogP contribution in [0.15, 0.2) is 146 Å².